The average molecular weight is 413 g/mol. The molecule has 28 heavy (non-hydrogen) atoms. The lowest BCUT2D eigenvalue weighted by molar-refractivity contribution is -0.153. The van der Waals surface area contributed by atoms with Gasteiger partial charge in [0.25, 0.3) is 5.91 Å². The van der Waals surface area contributed by atoms with Gasteiger partial charge in [-0.25, -0.2) is 0 Å². The second kappa shape index (κ2) is 7.71. The summed E-state index contributed by atoms with van der Waals surface area (Å²) in [6, 6.07) is 8.84. The van der Waals surface area contributed by atoms with Crippen LogP contribution in [0.1, 0.15) is 22.8 Å². The van der Waals surface area contributed by atoms with E-state index in [1.807, 2.05) is 0 Å². The van der Waals surface area contributed by atoms with E-state index in [0.29, 0.717) is 18.5 Å². The molecule has 0 aliphatic carbocycles. The first-order valence-electron chi connectivity index (χ1n) is 8.35. The average Bonchev–Trinajstić information content (AvgIpc) is 3.03. The number of amides is 2. The summed E-state index contributed by atoms with van der Waals surface area (Å²) in [5.74, 6) is -0.747. The third kappa shape index (κ3) is 4.56. The van der Waals surface area contributed by atoms with Crippen LogP contribution in [0.5, 0.6) is 5.75 Å². The number of carbonyl (C=O) groups is 2. The van der Waals surface area contributed by atoms with Crippen LogP contribution in [-0.4, -0.2) is 31.1 Å². The Kier molecular flexibility index (Phi) is 5.51. The fourth-order valence-corrected chi connectivity index (χ4v) is 3.12. The molecule has 1 aliphatic rings. The molecule has 0 atom stereocenters. The highest BCUT2D eigenvalue weighted by molar-refractivity contribution is 6.31. The largest absolute Gasteiger partial charge is 0.482 e. The topological polar surface area (TPSA) is 58.6 Å². The van der Waals surface area contributed by atoms with Gasteiger partial charge in [0.1, 0.15) is 5.75 Å². The van der Waals surface area contributed by atoms with Crippen LogP contribution in [-0.2, 0) is 11.2 Å². The van der Waals surface area contributed by atoms with E-state index >= 15 is 0 Å². The number of hydrogen-bond donors (Lipinski definition) is 1. The van der Waals surface area contributed by atoms with Crippen molar-refractivity contribution in [3.05, 3.63) is 52.5 Å². The summed E-state index contributed by atoms with van der Waals surface area (Å²) in [6.45, 7) is 0.522. The molecule has 1 heterocycles. The molecule has 2 aromatic rings. The summed E-state index contributed by atoms with van der Waals surface area (Å²) in [7, 11) is 0. The Morgan fingerprint density at radius 3 is 2.64 bits per heavy atom. The van der Waals surface area contributed by atoms with Gasteiger partial charge in [0, 0.05) is 29.7 Å². The van der Waals surface area contributed by atoms with E-state index in [-0.39, 0.29) is 22.4 Å². The maximum Gasteiger partial charge on any atom is 0.422 e. The maximum absolute atomic E-state index is 12.6. The van der Waals surface area contributed by atoms with Crippen LogP contribution >= 0.6 is 11.6 Å². The minimum atomic E-state index is -4.51. The number of ether oxygens (including phenoxy) is 1. The first-order chi connectivity index (χ1) is 13.1. The molecule has 2 amide bonds. The van der Waals surface area contributed by atoms with Crippen molar-refractivity contribution in [1.82, 2.24) is 0 Å². The van der Waals surface area contributed by atoms with Crippen molar-refractivity contribution < 1.29 is 27.5 Å². The van der Waals surface area contributed by atoms with Gasteiger partial charge in [0.2, 0.25) is 5.91 Å². The Morgan fingerprint density at radius 1 is 1.21 bits per heavy atom. The van der Waals surface area contributed by atoms with Gasteiger partial charge in [-0.15, -0.1) is 0 Å². The molecule has 3 rings (SSSR count). The monoisotopic (exact) mass is 412 g/mol. The fourth-order valence-electron chi connectivity index (χ4n) is 2.95. The lowest BCUT2D eigenvalue weighted by Gasteiger charge is -2.16. The normalized spacial score (nSPS) is 13.2. The van der Waals surface area contributed by atoms with Crippen LogP contribution in [0.25, 0.3) is 0 Å². The molecule has 2 aromatic carbocycles. The van der Waals surface area contributed by atoms with Crippen molar-refractivity contribution in [2.75, 3.05) is 23.4 Å². The van der Waals surface area contributed by atoms with Crippen LogP contribution in [0.4, 0.5) is 24.5 Å². The Morgan fingerprint density at radius 2 is 1.96 bits per heavy atom. The maximum atomic E-state index is 12.6. The van der Waals surface area contributed by atoms with Gasteiger partial charge < -0.3 is 15.0 Å². The van der Waals surface area contributed by atoms with Gasteiger partial charge in [-0.3, -0.25) is 9.59 Å². The molecule has 148 valence electrons. The lowest BCUT2D eigenvalue weighted by Crippen LogP contribution is -2.25. The number of fused-ring (bicyclic) bond motifs is 1. The minimum Gasteiger partial charge on any atom is -0.482 e. The van der Waals surface area contributed by atoms with Crippen LogP contribution in [0, 0.1) is 0 Å². The summed E-state index contributed by atoms with van der Waals surface area (Å²) in [5, 5.41) is 2.77. The second-order valence-electron chi connectivity index (χ2n) is 6.26. The third-order valence-electron chi connectivity index (χ3n) is 4.20. The third-order valence-corrected chi connectivity index (χ3v) is 4.43. The molecular formula is C19H16ClF3N2O3. The number of alkyl halides is 3. The lowest BCUT2D eigenvalue weighted by atomic mass is 10.1. The summed E-state index contributed by atoms with van der Waals surface area (Å²) in [6.07, 6.45) is -3.89. The highest BCUT2D eigenvalue weighted by atomic mass is 35.5. The summed E-state index contributed by atoms with van der Waals surface area (Å²) >= 11 is 5.89. The first kappa shape index (κ1) is 20.0. The molecular weight excluding hydrogens is 397 g/mol. The number of benzene rings is 2. The van der Waals surface area contributed by atoms with E-state index in [0.717, 1.165) is 11.3 Å². The van der Waals surface area contributed by atoms with Crippen molar-refractivity contribution in [3.8, 4) is 5.75 Å². The molecule has 0 saturated carbocycles. The van der Waals surface area contributed by atoms with Crippen molar-refractivity contribution in [3.63, 3.8) is 0 Å². The number of hydrogen-bond acceptors (Lipinski definition) is 3. The molecule has 9 heteroatoms. The molecule has 0 unspecified atom stereocenters. The smallest absolute Gasteiger partial charge is 0.422 e. The highest BCUT2D eigenvalue weighted by Crippen LogP contribution is 2.32. The van der Waals surface area contributed by atoms with Crippen LogP contribution in [0.3, 0.4) is 0 Å². The SMILES string of the molecule is CC(=O)N1CCc2cc(C(=O)Nc3cc(Cl)ccc3OCC(F)(F)F)ccc21. The molecule has 0 radical (unpaired) electrons. The van der Waals surface area contributed by atoms with Crippen LogP contribution < -0.4 is 15.0 Å². The summed E-state index contributed by atoms with van der Waals surface area (Å²) in [5.41, 5.74) is 1.95. The number of anilines is 2. The van der Waals surface area contributed by atoms with Crippen LogP contribution in [0.2, 0.25) is 5.02 Å². The first-order valence-corrected chi connectivity index (χ1v) is 8.73. The van der Waals surface area contributed by atoms with Gasteiger partial charge in [-0.05, 0) is 48.4 Å². The van der Waals surface area contributed by atoms with Gasteiger partial charge >= 0.3 is 6.18 Å². The summed E-state index contributed by atoms with van der Waals surface area (Å²) < 4.78 is 42.1. The number of nitrogens with zero attached hydrogens (tertiary/aromatic N) is 1. The molecule has 0 aromatic heterocycles. The Bertz CT molecular complexity index is 931. The summed E-state index contributed by atoms with van der Waals surface area (Å²) in [4.78, 5) is 25.8. The Labute approximate surface area is 164 Å². The zero-order valence-corrected chi connectivity index (χ0v) is 15.5. The predicted molar refractivity (Wildman–Crippen MR) is 99.1 cm³/mol. The molecule has 5 nitrogen and oxygen atoms in total. The Balaban J connectivity index is 1.80. The number of nitrogens with one attached hydrogen (secondary N) is 1. The van der Waals surface area contributed by atoms with E-state index in [9.17, 15) is 22.8 Å². The van der Waals surface area contributed by atoms with Crippen molar-refractivity contribution >= 4 is 34.8 Å². The van der Waals surface area contributed by atoms with Gasteiger partial charge in [0.15, 0.2) is 6.61 Å². The quantitative estimate of drug-likeness (QED) is 0.807. The van der Waals surface area contributed by atoms with E-state index in [2.05, 4.69) is 5.32 Å². The number of carbonyl (C=O) groups excluding carboxylic acids is 2. The second-order valence-corrected chi connectivity index (χ2v) is 6.70. The number of rotatable bonds is 4. The molecule has 0 fully saturated rings. The minimum absolute atomic E-state index is 0.0348. The standard InChI is InChI=1S/C19H16ClF3N2O3/c1-11(26)25-7-6-12-8-13(2-4-16(12)25)18(27)24-15-9-14(20)3-5-17(15)28-10-19(21,22)23/h2-5,8-9H,6-7,10H2,1H3,(H,24,27). The fraction of sp³-hybridized carbons (Fsp3) is 0.263. The van der Waals surface area contributed by atoms with Crippen molar-refractivity contribution in [2.45, 2.75) is 19.5 Å². The van der Waals surface area contributed by atoms with E-state index < -0.39 is 18.7 Å². The molecule has 1 N–H and O–H groups in total. The van der Waals surface area contributed by atoms with E-state index in [4.69, 9.17) is 16.3 Å². The van der Waals surface area contributed by atoms with Crippen LogP contribution in [0.15, 0.2) is 36.4 Å². The van der Waals surface area contributed by atoms with Gasteiger partial charge in [-0.1, -0.05) is 11.6 Å². The van der Waals surface area contributed by atoms with Crippen molar-refractivity contribution in [1.29, 1.82) is 0 Å². The van der Waals surface area contributed by atoms with Gasteiger partial charge in [0.05, 0.1) is 5.69 Å². The number of halogens is 4. The highest BCUT2D eigenvalue weighted by Gasteiger charge is 2.29. The van der Waals surface area contributed by atoms with E-state index in [1.165, 1.54) is 25.1 Å². The predicted octanol–water partition coefficient (Wildman–Crippen LogP) is 4.44. The van der Waals surface area contributed by atoms with Gasteiger partial charge in [-0.2, -0.15) is 13.2 Å². The van der Waals surface area contributed by atoms with Crippen molar-refractivity contribution in [2.24, 2.45) is 0 Å². The Hall–Kier alpha value is -2.74. The van der Waals surface area contributed by atoms with E-state index in [1.54, 1.807) is 23.1 Å². The molecule has 1 aliphatic heterocycles. The molecule has 0 spiro atoms. The zero-order valence-electron chi connectivity index (χ0n) is 14.8. The zero-order chi connectivity index (χ0) is 20.5. The molecule has 0 bridgehead atoms. The molecule has 0 saturated heterocycles.